The Morgan fingerprint density at radius 1 is 1.12 bits per heavy atom. The first-order valence-corrected chi connectivity index (χ1v) is 14.1. The SMILES string of the molecule is O=C(c1ccc2[nH]ncc2n1)N1CCC2c3c(ccc(F)c3Cl)N(CC(=O)N3CCC[C@H]3CC(F)(F)F)C(=O)CC2C1. The highest BCUT2D eigenvalue weighted by molar-refractivity contribution is 6.32. The van der Waals surface area contributed by atoms with E-state index in [1.54, 1.807) is 17.0 Å². The summed E-state index contributed by atoms with van der Waals surface area (Å²) >= 11 is 6.48. The second-order valence-electron chi connectivity index (χ2n) is 11.1. The second-order valence-corrected chi connectivity index (χ2v) is 11.5. The van der Waals surface area contributed by atoms with Gasteiger partial charge >= 0.3 is 6.18 Å². The topological polar surface area (TPSA) is 102 Å². The van der Waals surface area contributed by atoms with Gasteiger partial charge in [0, 0.05) is 43.3 Å². The van der Waals surface area contributed by atoms with E-state index < -0.39 is 48.7 Å². The van der Waals surface area contributed by atoms with Crippen LogP contribution in [0.1, 0.15) is 54.1 Å². The van der Waals surface area contributed by atoms with Crippen LogP contribution in [0.25, 0.3) is 11.0 Å². The van der Waals surface area contributed by atoms with Crippen molar-refractivity contribution in [1.29, 1.82) is 0 Å². The highest BCUT2D eigenvalue weighted by atomic mass is 35.5. The summed E-state index contributed by atoms with van der Waals surface area (Å²) in [7, 11) is 0. The molecule has 2 saturated heterocycles. The first-order valence-electron chi connectivity index (χ1n) is 13.7. The average Bonchev–Trinajstić information content (AvgIpc) is 3.58. The van der Waals surface area contributed by atoms with Crippen LogP contribution >= 0.6 is 11.6 Å². The summed E-state index contributed by atoms with van der Waals surface area (Å²) in [6.07, 6.45) is -3.05. The van der Waals surface area contributed by atoms with Gasteiger partial charge in [0.1, 0.15) is 23.6 Å². The number of piperidine rings is 1. The first-order chi connectivity index (χ1) is 20.0. The smallest absolute Gasteiger partial charge is 0.338 e. The van der Waals surface area contributed by atoms with Crippen LogP contribution < -0.4 is 4.90 Å². The van der Waals surface area contributed by atoms with Gasteiger partial charge < -0.3 is 14.7 Å². The number of likely N-dealkylation sites (tertiary alicyclic amines) is 2. The molecule has 0 saturated carbocycles. The fourth-order valence-corrected chi connectivity index (χ4v) is 6.87. The van der Waals surface area contributed by atoms with E-state index >= 15 is 0 Å². The Kier molecular flexibility index (Phi) is 7.32. The quantitative estimate of drug-likeness (QED) is 0.435. The predicted octanol–water partition coefficient (Wildman–Crippen LogP) is 4.68. The maximum atomic E-state index is 14.8. The lowest BCUT2D eigenvalue weighted by atomic mass is 9.78. The van der Waals surface area contributed by atoms with Crippen molar-refractivity contribution >= 4 is 46.0 Å². The number of pyridine rings is 1. The van der Waals surface area contributed by atoms with Gasteiger partial charge in [-0.3, -0.25) is 19.5 Å². The third-order valence-corrected chi connectivity index (χ3v) is 8.89. The molecule has 9 nitrogen and oxygen atoms in total. The molecule has 14 heteroatoms. The fourth-order valence-electron chi connectivity index (χ4n) is 6.57. The van der Waals surface area contributed by atoms with Crippen molar-refractivity contribution < 1.29 is 31.9 Å². The maximum Gasteiger partial charge on any atom is 0.391 e. The van der Waals surface area contributed by atoms with Crippen molar-refractivity contribution in [2.24, 2.45) is 5.92 Å². The van der Waals surface area contributed by atoms with Gasteiger partial charge in [-0.15, -0.1) is 0 Å². The summed E-state index contributed by atoms with van der Waals surface area (Å²) in [4.78, 5) is 48.7. The van der Waals surface area contributed by atoms with Crippen LogP contribution in [-0.4, -0.2) is 81.1 Å². The highest BCUT2D eigenvalue weighted by Gasteiger charge is 2.43. The molecule has 2 fully saturated rings. The molecule has 3 aromatic rings. The summed E-state index contributed by atoms with van der Waals surface area (Å²) in [5.41, 5.74) is 2.08. The molecule has 3 atom stereocenters. The molecule has 1 aromatic carbocycles. The zero-order valence-corrected chi connectivity index (χ0v) is 23.1. The van der Waals surface area contributed by atoms with Crippen molar-refractivity contribution in [2.45, 2.75) is 50.2 Å². The molecule has 1 N–H and O–H groups in total. The summed E-state index contributed by atoms with van der Waals surface area (Å²) < 4.78 is 54.2. The zero-order valence-electron chi connectivity index (χ0n) is 22.3. The number of rotatable bonds is 4. The number of fused-ring (bicyclic) bond motifs is 4. The normalized spacial score (nSPS) is 22.7. The van der Waals surface area contributed by atoms with Gasteiger partial charge in [-0.25, -0.2) is 9.37 Å². The number of nitrogens with zero attached hydrogens (tertiary/aromatic N) is 5. The molecular formula is C28H27ClF4N6O3. The number of carbonyl (C=O) groups is 3. The number of hydrogen-bond acceptors (Lipinski definition) is 5. The number of amides is 3. The minimum atomic E-state index is -4.43. The van der Waals surface area contributed by atoms with Crippen LogP contribution in [-0.2, 0) is 9.59 Å². The van der Waals surface area contributed by atoms with Crippen LogP contribution in [0.4, 0.5) is 23.2 Å². The van der Waals surface area contributed by atoms with Gasteiger partial charge in [0.2, 0.25) is 11.8 Å². The van der Waals surface area contributed by atoms with E-state index in [4.69, 9.17) is 11.6 Å². The minimum Gasteiger partial charge on any atom is -0.338 e. The lowest BCUT2D eigenvalue weighted by Gasteiger charge is -2.38. The standard InChI is InChI=1S/C28H27ClF4N6O3/c29-26-18(30)3-6-22-25(26)17-7-9-37(27(42)20-5-4-19-21(35-20)12-34-36-19)13-15(17)10-23(40)39(22)14-24(41)38-8-1-2-16(38)11-28(31,32)33/h3-6,12,15-17H,1-2,7-11,13-14H2,(H,34,36)/t15?,16-,17?/m0/s1. The van der Waals surface area contributed by atoms with Crippen molar-refractivity contribution in [3.63, 3.8) is 0 Å². The monoisotopic (exact) mass is 606 g/mol. The van der Waals surface area contributed by atoms with Crippen LogP contribution in [0.2, 0.25) is 5.02 Å². The van der Waals surface area contributed by atoms with Crippen LogP contribution in [0.3, 0.4) is 0 Å². The molecule has 42 heavy (non-hydrogen) atoms. The lowest BCUT2D eigenvalue weighted by molar-refractivity contribution is -0.151. The molecule has 3 aliphatic rings. The number of anilines is 1. The van der Waals surface area contributed by atoms with Crippen molar-refractivity contribution in [2.75, 3.05) is 31.1 Å². The van der Waals surface area contributed by atoms with Gasteiger partial charge in [0.15, 0.2) is 0 Å². The van der Waals surface area contributed by atoms with Gasteiger partial charge in [-0.2, -0.15) is 18.3 Å². The van der Waals surface area contributed by atoms with E-state index in [0.29, 0.717) is 36.0 Å². The lowest BCUT2D eigenvalue weighted by Crippen LogP contribution is -2.46. The highest BCUT2D eigenvalue weighted by Crippen LogP contribution is 2.47. The second kappa shape index (κ2) is 10.8. The third kappa shape index (κ3) is 5.30. The molecule has 6 rings (SSSR count). The number of hydrogen-bond donors (Lipinski definition) is 1. The van der Waals surface area contributed by atoms with Crippen LogP contribution in [0.15, 0.2) is 30.5 Å². The minimum absolute atomic E-state index is 0.0610. The van der Waals surface area contributed by atoms with E-state index in [2.05, 4.69) is 15.2 Å². The van der Waals surface area contributed by atoms with Crippen molar-refractivity contribution in [3.05, 3.63) is 52.6 Å². The van der Waals surface area contributed by atoms with Gasteiger partial charge in [0.05, 0.1) is 23.2 Å². The van der Waals surface area contributed by atoms with E-state index in [9.17, 15) is 31.9 Å². The molecule has 0 radical (unpaired) electrons. The first kappa shape index (κ1) is 28.4. The van der Waals surface area contributed by atoms with Crippen molar-refractivity contribution in [1.82, 2.24) is 25.0 Å². The van der Waals surface area contributed by atoms with E-state index in [1.807, 2.05) is 0 Å². The molecule has 3 amide bonds. The molecule has 0 spiro atoms. The average molecular weight is 607 g/mol. The zero-order chi connectivity index (χ0) is 29.8. The Bertz CT molecular complexity index is 1560. The summed E-state index contributed by atoms with van der Waals surface area (Å²) in [6, 6.07) is 4.81. The number of aromatic amines is 1. The summed E-state index contributed by atoms with van der Waals surface area (Å²) in [5, 5.41) is 6.53. The molecule has 2 unspecified atom stereocenters. The summed E-state index contributed by atoms with van der Waals surface area (Å²) in [5.74, 6) is -2.88. The maximum absolute atomic E-state index is 14.8. The molecule has 222 valence electrons. The van der Waals surface area contributed by atoms with Crippen LogP contribution in [0.5, 0.6) is 0 Å². The van der Waals surface area contributed by atoms with E-state index in [0.717, 1.165) is 6.07 Å². The Morgan fingerprint density at radius 3 is 2.71 bits per heavy atom. The third-order valence-electron chi connectivity index (χ3n) is 8.50. The fraction of sp³-hybridized carbons (Fsp3) is 0.464. The number of H-pyrrole nitrogens is 1. The predicted molar refractivity (Wildman–Crippen MR) is 144 cm³/mol. The van der Waals surface area contributed by atoms with E-state index in [1.165, 1.54) is 22.1 Å². The number of alkyl halides is 3. The Labute approximate surface area is 242 Å². The Hall–Kier alpha value is -3.74. The number of benzene rings is 1. The largest absolute Gasteiger partial charge is 0.391 e. The number of aromatic nitrogens is 3. The van der Waals surface area contributed by atoms with Gasteiger partial charge in [-0.05, 0) is 55.4 Å². The number of carbonyl (C=O) groups excluding carboxylic acids is 3. The number of halogens is 5. The van der Waals surface area contributed by atoms with Gasteiger partial charge in [0.25, 0.3) is 5.91 Å². The van der Waals surface area contributed by atoms with E-state index in [-0.39, 0.29) is 54.2 Å². The molecule has 0 aliphatic carbocycles. The molecule has 5 heterocycles. The molecule has 3 aliphatic heterocycles. The Morgan fingerprint density at radius 2 is 1.93 bits per heavy atom. The van der Waals surface area contributed by atoms with Crippen LogP contribution in [0, 0.1) is 11.7 Å². The molecule has 2 aromatic heterocycles. The Balaban J connectivity index is 1.27. The number of nitrogens with one attached hydrogen (secondary N) is 1. The summed E-state index contributed by atoms with van der Waals surface area (Å²) in [6.45, 7) is 0.157. The van der Waals surface area contributed by atoms with Gasteiger partial charge in [-0.1, -0.05) is 11.6 Å². The molecule has 0 bridgehead atoms. The molecular weight excluding hydrogens is 580 g/mol. The van der Waals surface area contributed by atoms with Crippen molar-refractivity contribution in [3.8, 4) is 0 Å².